The Bertz CT molecular complexity index is 616. The molecule has 1 aliphatic heterocycles. The van der Waals surface area contributed by atoms with Crippen LogP contribution in [0.15, 0.2) is 4.99 Å². The monoisotopic (exact) mass is 407 g/mol. The van der Waals surface area contributed by atoms with Crippen LogP contribution in [0.2, 0.25) is 0 Å². The number of thioether (sulfide) groups is 1. The number of hydrogen-bond donors (Lipinski definition) is 1. The third kappa shape index (κ3) is 5.86. The standard InChI is InChI=1S/C20H37N7S/c1-17-23-24-19(25(17)2)16-22-20(21-10-7-15-28-3)27-13-11-26(12-14-27)18-8-5-4-6-9-18/h18H,4-16H2,1-3H3,(H,21,22). The normalized spacial score (nSPS) is 20.0. The van der Waals surface area contributed by atoms with Crippen LogP contribution < -0.4 is 5.32 Å². The van der Waals surface area contributed by atoms with Crippen molar-refractivity contribution in [3.05, 3.63) is 11.6 Å². The summed E-state index contributed by atoms with van der Waals surface area (Å²) in [6, 6.07) is 0.812. The fourth-order valence-electron chi connectivity index (χ4n) is 4.16. The second-order valence-electron chi connectivity index (χ2n) is 7.95. The molecule has 0 unspecified atom stereocenters. The lowest BCUT2D eigenvalue weighted by molar-refractivity contribution is 0.106. The molecule has 2 heterocycles. The number of aryl methyl sites for hydroxylation is 1. The minimum atomic E-state index is 0.574. The van der Waals surface area contributed by atoms with Crippen molar-refractivity contribution < 1.29 is 0 Å². The van der Waals surface area contributed by atoms with Crippen LogP contribution in [0.4, 0.5) is 0 Å². The molecule has 8 heteroatoms. The Kier molecular flexibility index (Phi) is 8.45. The van der Waals surface area contributed by atoms with Gasteiger partial charge >= 0.3 is 0 Å². The van der Waals surface area contributed by atoms with Gasteiger partial charge in [-0.3, -0.25) is 4.90 Å². The van der Waals surface area contributed by atoms with Gasteiger partial charge in [-0.05, 0) is 38.2 Å². The van der Waals surface area contributed by atoms with Crippen LogP contribution in [0.5, 0.6) is 0 Å². The van der Waals surface area contributed by atoms with Crippen molar-refractivity contribution in [1.82, 2.24) is 29.9 Å². The summed E-state index contributed by atoms with van der Waals surface area (Å²) in [5.74, 6) is 4.06. The van der Waals surface area contributed by atoms with Crippen LogP contribution in [0.1, 0.15) is 50.2 Å². The molecular weight excluding hydrogens is 370 g/mol. The van der Waals surface area contributed by atoms with Gasteiger partial charge in [-0.25, -0.2) is 4.99 Å². The number of guanidine groups is 1. The molecule has 0 amide bonds. The molecule has 0 atom stereocenters. The number of aliphatic imine (C=N–C) groups is 1. The Morgan fingerprint density at radius 3 is 2.54 bits per heavy atom. The molecule has 1 aliphatic carbocycles. The van der Waals surface area contributed by atoms with Gasteiger partial charge in [0, 0.05) is 45.8 Å². The molecule has 3 rings (SSSR count). The molecule has 158 valence electrons. The third-order valence-corrected chi connectivity index (χ3v) is 6.76. The smallest absolute Gasteiger partial charge is 0.194 e. The van der Waals surface area contributed by atoms with Crippen molar-refractivity contribution in [3.8, 4) is 0 Å². The first kappa shape index (κ1) is 21.4. The zero-order valence-electron chi connectivity index (χ0n) is 17.9. The predicted octanol–water partition coefficient (Wildman–Crippen LogP) is 2.27. The summed E-state index contributed by atoms with van der Waals surface area (Å²) in [7, 11) is 2.01. The van der Waals surface area contributed by atoms with Crippen molar-refractivity contribution in [2.45, 2.75) is 58.0 Å². The van der Waals surface area contributed by atoms with E-state index in [0.717, 1.165) is 62.8 Å². The van der Waals surface area contributed by atoms with Gasteiger partial charge in [0.25, 0.3) is 0 Å². The summed E-state index contributed by atoms with van der Waals surface area (Å²) >= 11 is 1.90. The SMILES string of the molecule is CSCCCNC(=NCc1nnc(C)n1C)N1CCN(C2CCCCC2)CC1. The molecule has 1 saturated carbocycles. The molecule has 2 aliphatic rings. The Morgan fingerprint density at radius 1 is 1.14 bits per heavy atom. The van der Waals surface area contributed by atoms with Gasteiger partial charge in [0.15, 0.2) is 11.8 Å². The fourth-order valence-corrected chi connectivity index (χ4v) is 4.60. The molecule has 0 radical (unpaired) electrons. The van der Waals surface area contributed by atoms with E-state index in [-0.39, 0.29) is 0 Å². The number of hydrogen-bond acceptors (Lipinski definition) is 5. The van der Waals surface area contributed by atoms with E-state index in [0.29, 0.717) is 6.54 Å². The van der Waals surface area contributed by atoms with Crippen molar-refractivity contribution in [2.24, 2.45) is 12.0 Å². The van der Waals surface area contributed by atoms with Crippen LogP contribution in [0.25, 0.3) is 0 Å². The molecule has 1 N–H and O–H groups in total. The van der Waals surface area contributed by atoms with Gasteiger partial charge in [-0.1, -0.05) is 19.3 Å². The van der Waals surface area contributed by atoms with Crippen LogP contribution in [-0.2, 0) is 13.6 Å². The largest absolute Gasteiger partial charge is 0.356 e. The highest BCUT2D eigenvalue weighted by Gasteiger charge is 2.26. The van der Waals surface area contributed by atoms with E-state index in [1.165, 1.54) is 37.9 Å². The molecule has 1 aromatic heterocycles. The van der Waals surface area contributed by atoms with E-state index in [1.54, 1.807) is 0 Å². The van der Waals surface area contributed by atoms with Gasteiger partial charge in [-0.2, -0.15) is 11.8 Å². The molecule has 0 bridgehead atoms. The molecule has 1 saturated heterocycles. The second-order valence-corrected chi connectivity index (χ2v) is 8.94. The van der Waals surface area contributed by atoms with Crippen molar-refractivity contribution >= 4 is 17.7 Å². The maximum atomic E-state index is 4.91. The lowest BCUT2D eigenvalue weighted by Crippen LogP contribution is -2.55. The Labute approximate surface area is 174 Å². The molecular formula is C20H37N7S. The van der Waals surface area contributed by atoms with Gasteiger partial charge in [0.1, 0.15) is 12.4 Å². The topological polar surface area (TPSA) is 61.6 Å². The van der Waals surface area contributed by atoms with Gasteiger partial charge in [0.2, 0.25) is 0 Å². The number of aromatic nitrogens is 3. The summed E-state index contributed by atoms with van der Waals surface area (Å²) in [6.45, 7) is 7.95. The number of nitrogens with one attached hydrogen (secondary N) is 1. The van der Waals surface area contributed by atoms with Gasteiger partial charge in [-0.15, -0.1) is 10.2 Å². The van der Waals surface area contributed by atoms with Crippen LogP contribution in [0, 0.1) is 6.92 Å². The Hall–Kier alpha value is -1.28. The maximum absolute atomic E-state index is 4.91. The average molecular weight is 408 g/mol. The number of rotatable bonds is 7. The lowest BCUT2D eigenvalue weighted by atomic mass is 9.94. The van der Waals surface area contributed by atoms with Crippen LogP contribution in [0.3, 0.4) is 0 Å². The zero-order valence-corrected chi connectivity index (χ0v) is 18.7. The quantitative estimate of drug-likeness (QED) is 0.425. The minimum absolute atomic E-state index is 0.574. The van der Waals surface area contributed by atoms with Crippen LogP contribution >= 0.6 is 11.8 Å². The average Bonchev–Trinajstić information content (AvgIpc) is 3.06. The number of piperazine rings is 1. The van der Waals surface area contributed by atoms with E-state index in [2.05, 4.69) is 31.6 Å². The lowest BCUT2D eigenvalue weighted by Gasteiger charge is -2.41. The second kappa shape index (κ2) is 11.0. The Morgan fingerprint density at radius 2 is 1.89 bits per heavy atom. The maximum Gasteiger partial charge on any atom is 0.194 e. The Balaban J connectivity index is 1.58. The van der Waals surface area contributed by atoms with Crippen molar-refractivity contribution in [1.29, 1.82) is 0 Å². The van der Waals surface area contributed by atoms with E-state index in [4.69, 9.17) is 4.99 Å². The van der Waals surface area contributed by atoms with Crippen molar-refractivity contribution in [2.75, 3.05) is 44.7 Å². The van der Waals surface area contributed by atoms with Crippen molar-refractivity contribution in [3.63, 3.8) is 0 Å². The summed E-state index contributed by atoms with van der Waals surface area (Å²) in [6.07, 6.45) is 10.3. The number of nitrogens with zero attached hydrogens (tertiary/aromatic N) is 6. The summed E-state index contributed by atoms with van der Waals surface area (Å²) < 4.78 is 2.02. The molecule has 0 aromatic carbocycles. The molecule has 1 aromatic rings. The minimum Gasteiger partial charge on any atom is -0.356 e. The van der Waals surface area contributed by atoms with E-state index >= 15 is 0 Å². The van der Waals surface area contributed by atoms with Crippen LogP contribution in [-0.4, -0.2) is 81.3 Å². The first-order chi connectivity index (χ1) is 13.7. The summed E-state index contributed by atoms with van der Waals surface area (Å²) in [4.78, 5) is 10.1. The highest BCUT2D eigenvalue weighted by atomic mass is 32.2. The predicted molar refractivity (Wildman–Crippen MR) is 118 cm³/mol. The zero-order chi connectivity index (χ0) is 19.8. The molecule has 7 nitrogen and oxygen atoms in total. The van der Waals surface area contributed by atoms with E-state index < -0.39 is 0 Å². The summed E-state index contributed by atoms with van der Waals surface area (Å²) in [5.41, 5.74) is 0. The highest BCUT2D eigenvalue weighted by Crippen LogP contribution is 2.23. The fraction of sp³-hybridized carbons (Fsp3) is 0.850. The third-order valence-electron chi connectivity index (χ3n) is 6.07. The molecule has 28 heavy (non-hydrogen) atoms. The van der Waals surface area contributed by atoms with Gasteiger partial charge in [0.05, 0.1) is 0 Å². The highest BCUT2D eigenvalue weighted by molar-refractivity contribution is 7.98. The first-order valence-corrected chi connectivity index (χ1v) is 12.2. The molecule has 0 spiro atoms. The van der Waals surface area contributed by atoms with Gasteiger partial charge < -0.3 is 14.8 Å². The van der Waals surface area contributed by atoms with E-state index in [9.17, 15) is 0 Å². The molecule has 2 fully saturated rings. The first-order valence-electron chi connectivity index (χ1n) is 10.8. The van der Waals surface area contributed by atoms with E-state index in [1.807, 2.05) is 30.3 Å². The summed E-state index contributed by atoms with van der Waals surface area (Å²) in [5, 5.41) is 12.0.